The van der Waals surface area contributed by atoms with Crippen LogP contribution in [0.3, 0.4) is 0 Å². The summed E-state index contributed by atoms with van der Waals surface area (Å²) < 4.78 is 22.7. The van der Waals surface area contributed by atoms with Gasteiger partial charge in [-0.2, -0.15) is 0 Å². The van der Waals surface area contributed by atoms with Crippen LogP contribution in [-0.4, -0.2) is 92.5 Å². The standard InChI is InChI=1S/C32H40N2O9/c1-5-6-7-27(37)34(12-10-20-16-21(40-2)8-9-25(20)41-3)24-17-23(32(39)33-11-13-35)28-22-14-19(18-36)15-26(42-4)30(22)43-31(28)29(24)38/h8-9,14-18,24,28-29,31,35,38H,5-7,10-13H2,1-4H3,(H,33,39)/t24-,28+,29+,31+/m1/s1. The minimum Gasteiger partial charge on any atom is -0.497 e. The molecule has 0 fully saturated rings. The predicted molar refractivity (Wildman–Crippen MR) is 158 cm³/mol. The lowest BCUT2D eigenvalue weighted by atomic mass is 9.77. The van der Waals surface area contributed by atoms with E-state index in [1.165, 1.54) is 13.2 Å². The molecule has 0 saturated heterocycles. The molecule has 4 rings (SSSR count). The second kappa shape index (κ2) is 14.4. The van der Waals surface area contributed by atoms with Crippen molar-refractivity contribution in [1.82, 2.24) is 10.2 Å². The molecule has 0 aromatic heterocycles. The molecule has 2 aromatic rings. The smallest absolute Gasteiger partial charge is 0.247 e. The lowest BCUT2D eigenvalue weighted by Gasteiger charge is -2.41. The number of nitrogens with zero attached hydrogens (tertiary/aromatic N) is 1. The van der Waals surface area contributed by atoms with Gasteiger partial charge in [0.1, 0.15) is 30.0 Å². The fourth-order valence-electron chi connectivity index (χ4n) is 5.79. The number of aliphatic hydroxyl groups excluding tert-OH is 2. The topological polar surface area (TPSA) is 144 Å². The van der Waals surface area contributed by atoms with Crippen molar-refractivity contribution in [3.05, 3.63) is 58.7 Å². The van der Waals surface area contributed by atoms with E-state index < -0.39 is 30.1 Å². The molecule has 2 aromatic carbocycles. The van der Waals surface area contributed by atoms with Gasteiger partial charge in [0.05, 0.1) is 39.9 Å². The molecule has 3 N–H and O–H groups in total. The van der Waals surface area contributed by atoms with Crippen LogP contribution in [0.1, 0.15) is 53.6 Å². The van der Waals surface area contributed by atoms with Crippen LogP contribution in [-0.2, 0) is 16.0 Å². The van der Waals surface area contributed by atoms with Gasteiger partial charge in [-0.3, -0.25) is 14.4 Å². The van der Waals surface area contributed by atoms with Gasteiger partial charge in [0, 0.05) is 36.2 Å². The van der Waals surface area contributed by atoms with Crippen molar-refractivity contribution in [1.29, 1.82) is 0 Å². The Morgan fingerprint density at radius 2 is 1.86 bits per heavy atom. The molecule has 43 heavy (non-hydrogen) atoms. The summed E-state index contributed by atoms with van der Waals surface area (Å²) in [5.41, 5.74) is 1.94. The SMILES string of the molecule is CCCCC(=O)N(CCc1cc(OC)ccc1OC)[C@@H]1C=C(C(=O)NCCO)[C@@H]2c3cc(C=O)cc(OC)c3O[C@@H]2[C@H]1O. The lowest BCUT2D eigenvalue weighted by molar-refractivity contribution is -0.137. The van der Waals surface area contributed by atoms with Crippen molar-refractivity contribution in [2.24, 2.45) is 0 Å². The van der Waals surface area contributed by atoms with Gasteiger partial charge in [0.2, 0.25) is 11.8 Å². The first-order valence-electron chi connectivity index (χ1n) is 14.4. The summed E-state index contributed by atoms with van der Waals surface area (Å²) in [5, 5.41) is 23.9. The first kappa shape index (κ1) is 31.8. The van der Waals surface area contributed by atoms with E-state index in [9.17, 15) is 24.6 Å². The number of aldehydes is 1. The van der Waals surface area contributed by atoms with Crippen molar-refractivity contribution >= 4 is 18.1 Å². The molecule has 1 heterocycles. The van der Waals surface area contributed by atoms with Gasteiger partial charge in [-0.15, -0.1) is 0 Å². The number of hydrogen-bond acceptors (Lipinski definition) is 9. The Hall–Kier alpha value is -4.09. The number of unbranched alkanes of at least 4 members (excludes halogenated alkanes) is 1. The molecule has 11 nitrogen and oxygen atoms in total. The van der Waals surface area contributed by atoms with Crippen molar-refractivity contribution in [2.75, 3.05) is 41.0 Å². The number of amides is 2. The van der Waals surface area contributed by atoms with Crippen LogP contribution >= 0.6 is 0 Å². The molecule has 0 spiro atoms. The molecule has 11 heteroatoms. The monoisotopic (exact) mass is 596 g/mol. The Balaban J connectivity index is 1.77. The Labute approximate surface area is 251 Å². The molecule has 0 saturated carbocycles. The van der Waals surface area contributed by atoms with Gasteiger partial charge in [-0.1, -0.05) is 13.3 Å². The Morgan fingerprint density at radius 3 is 2.51 bits per heavy atom. The Morgan fingerprint density at radius 1 is 1.09 bits per heavy atom. The first-order chi connectivity index (χ1) is 20.8. The van der Waals surface area contributed by atoms with Crippen LogP contribution in [0, 0.1) is 0 Å². The molecule has 232 valence electrons. The quantitative estimate of drug-likeness (QED) is 0.280. The maximum Gasteiger partial charge on any atom is 0.247 e. The van der Waals surface area contributed by atoms with E-state index in [4.69, 9.17) is 18.9 Å². The normalized spacial score (nSPS) is 20.2. The van der Waals surface area contributed by atoms with Crippen LogP contribution in [0.15, 0.2) is 42.0 Å². The minimum absolute atomic E-state index is 0.0149. The van der Waals surface area contributed by atoms with E-state index in [2.05, 4.69) is 5.32 Å². The summed E-state index contributed by atoms with van der Waals surface area (Å²) in [6.45, 7) is 1.96. The molecule has 2 amide bonds. The molecule has 0 radical (unpaired) electrons. The van der Waals surface area contributed by atoms with E-state index in [0.29, 0.717) is 53.3 Å². The van der Waals surface area contributed by atoms with Gasteiger partial charge in [-0.25, -0.2) is 0 Å². The zero-order valence-corrected chi connectivity index (χ0v) is 25.0. The third-order valence-corrected chi connectivity index (χ3v) is 7.94. The number of aliphatic hydroxyl groups is 2. The molecule has 0 unspecified atom stereocenters. The highest BCUT2D eigenvalue weighted by molar-refractivity contribution is 5.96. The minimum atomic E-state index is -1.21. The second-order valence-corrected chi connectivity index (χ2v) is 10.5. The third-order valence-electron chi connectivity index (χ3n) is 7.94. The average molecular weight is 597 g/mol. The van der Waals surface area contributed by atoms with Crippen LogP contribution in [0.5, 0.6) is 23.0 Å². The van der Waals surface area contributed by atoms with Gasteiger partial charge < -0.3 is 39.4 Å². The number of nitrogens with one attached hydrogen (secondary N) is 1. The molecule has 1 aliphatic carbocycles. The number of carbonyl (C=O) groups excluding carboxylic acids is 3. The predicted octanol–water partition coefficient (Wildman–Crippen LogP) is 2.41. The summed E-state index contributed by atoms with van der Waals surface area (Å²) in [4.78, 5) is 40.5. The zero-order chi connectivity index (χ0) is 31.1. The van der Waals surface area contributed by atoms with Gasteiger partial charge >= 0.3 is 0 Å². The fraction of sp³-hybridized carbons (Fsp3) is 0.469. The van der Waals surface area contributed by atoms with E-state index in [-0.39, 0.29) is 37.6 Å². The van der Waals surface area contributed by atoms with E-state index in [0.717, 1.165) is 12.0 Å². The van der Waals surface area contributed by atoms with Gasteiger partial charge in [-0.05, 0) is 54.8 Å². The number of hydrogen-bond donors (Lipinski definition) is 3. The average Bonchev–Trinajstić information content (AvgIpc) is 3.42. The molecular weight excluding hydrogens is 556 g/mol. The van der Waals surface area contributed by atoms with Gasteiger partial charge in [0.25, 0.3) is 0 Å². The number of rotatable bonds is 14. The number of fused-ring (bicyclic) bond motifs is 3. The van der Waals surface area contributed by atoms with Crippen molar-refractivity contribution < 1.29 is 43.5 Å². The van der Waals surface area contributed by atoms with E-state index >= 15 is 0 Å². The number of carbonyl (C=O) groups is 3. The Bertz CT molecular complexity index is 1360. The van der Waals surface area contributed by atoms with E-state index in [1.54, 1.807) is 43.4 Å². The summed E-state index contributed by atoms with van der Waals surface area (Å²) in [6, 6.07) is 7.68. The summed E-state index contributed by atoms with van der Waals surface area (Å²) in [6.07, 6.45) is 2.26. The van der Waals surface area contributed by atoms with Crippen molar-refractivity contribution in [3.63, 3.8) is 0 Å². The highest BCUT2D eigenvalue weighted by Crippen LogP contribution is 2.51. The highest BCUT2D eigenvalue weighted by atomic mass is 16.5. The highest BCUT2D eigenvalue weighted by Gasteiger charge is 2.51. The largest absolute Gasteiger partial charge is 0.497 e. The molecule has 2 aliphatic rings. The zero-order valence-electron chi connectivity index (χ0n) is 25.0. The third kappa shape index (κ3) is 6.62. The number of benzene rings is 2. The molecule has 0 bridgehead atoms. The van der Waals surface area contributed by atoms with Crippen LogP contribution < -0.4 is 24.3 Å². The summed E-state index contributed by atoms with van der Waals surface area (Å²) >= 11 is 0. The molecule has 1 aliphatic heterocycles. The molecule has 4 atom stereocenters. The van der Waals surface area contributed by atoms with Crippen LogP contribution in [0.4, 0.5) is 0 Å². The van der Waals surface area contributed by atoms with E-state index in [1.807, 2.05) is 13.0 Å². The maximum atomic E-state index is 13.7. The lowest BCUT2D eigenvalue weighted by Crippen LogP contribution is -2.56. The van der Waals surface area contributed by atoms with Crippen LogP contribution in [0.25, 0.3) is 0 Å². The number of ether oxygens (including phenoxy) is 4. The molecular formula is C32H40N2O9. The van der Waals surface area contributed by atoms with Gasteiger partial charge in [0.15, 0.2) is 11.5 Å². The van der Waals surface area contributed by atoms with Crippen molar-refractivity contribution in [2.45, 2.75) is 56.8 Å². The summed E-state index contributed by atoms with van der Waals surface area (Å²) in [7, 11) is 4.59. The maximum absolute atomic E-state index is 13.7. The fourth-order valence-corrected chi connectivity index (χ4v) is 5.79. The van der Waals surface area contributed by atoms with Crippen LogP contribution in [0.2, 0.25) is 0 Å². The Kier molecular flexibility index (Phi) is 10.7. The first-order valence-corrected chi connectivity index (χ1v) is 14.4. The summed E-state index contributed by atoms with van der Waals surface area (Å²) in [5.74, 6) is 0.529. The number of methoxy groups -OCH3 is 3. The van der Waals surface area contributed by atoms with Crippen molar-refractivity contribution in [3.8, 4) is 23.0 Å². The second-order valence-electron chi connectivity index (χ2n) is 10.5.